The van der Waals surface area contributed by atoms with E-state index in [-0.39, 0.29) is 17.9 Å². The van der Waals surface area contributed by atoms with Crippen LogP contribution in [0.3, 0.4) is 0 Å². The van der Waals surface area contributed by atoms with Crippen molar-refractivity contribution >= 4 is 11.9 Å². The lowest BCUT2D eigenvalue weighted by Crippen LogP contribution is -2.28. The number of benzene rings is 1. The molecule has 1 aromatic carbocycles. The van der Waals surface area contributed by atoms with E-state index < -0.39 is 0 Å². The number of hydrogen-bond acceptors (Lipinski definition) is 3. The van der Waals surface area contributed by atoms with Gasteiger partial charge < -0.3 is 10.5 Å². The zero-order valence-corrected chi connectivity index (χ0v) is 11.3. The second-order valence-electron chi connectivity index (χ2n) is 5.27. The van der Waals surface area contributed by atoms with E-state index >= 15 is 0 Å². The van der Waals surface area contributed by atoms with Crippen molar-refractivity contribution in [2.24, 2.45) is 5.73 Å². The van der Waals surface area contributed by atoms with Gasteiger partial charge in [0.05, 0.1) is 6.54 Å². The summed E-state index contributed by atoms with van der Waals surface area (Å²) in [6.07, 6.45) is 4.05. The highest BCUT2D eigenvalue weighted by Gasteiger charge is 2.26. The van der Waals surface area contributed by atoms with Crippen LogP contribution in [0.4, 0.5) is 0 Å². The molecule has 96 valence electrons. The first kappa shape index (κ1) is 12.8. The summed E-state index contributed by atoms with van der Waals surface area (Å²) in [5.41, 5.74) is 8.75. The van der Waals surface area contributed by atoms with Crippen LogP contribution < -0.4 is 10.5 Å². The van der Waals surface area contributed by atoms with Crippen molar-refractivity contribution in [3.05, 3.63) is 34.4 Å². The van der Waals surface area contributed by atoms with Gasteiger partial charge in [-0.25, -0.2) is 0 Å². The number of fused-ring (bicyclic) bond motifs is 1. The fraction of sp³-hybridized carbons (Fsp3) is 0.400. The summed E-state index contributed by atoms with van der Waals surface area (Å²) in [6, 6.07) is 1.87. The molecule has 3 nitrogen and oxygen atoms in total. The number of hydrogen-bond donors (Lipinski definition) is 1. The number of carbonyl (C=O) groups is 1. The van der Waals surface area contributed by atoms with Crippen molar-refractivity contribution in [2.45, 2.75) is 33.3 Å². The molecule has 0 amide bonds. The molecule has 0 spiro atoms. The third kappa shape index (κ3) is 2.06. The number of ether oxygens (including phenoxy) is 1. The predicted molar refractivity (Wildman–Crippen MR) is 73.0 cm³/mol. The van der Waals surface area contributed by atoms with E-state index in [0.717, 1.165) is 22.4 Å². The Kier molecular flexibility index (Phi) is 3.03. The highest BCUT2D eigenvalue weighted by Crippen LogP contribution is 2.37. The van der Waals surface area contributed by atoms with Crippen molar-refractivity contribution in [2.75, 3.05) is 6.54 Å². The van der Waals surface area contributed by atoms with E-state index in [1.807, 2.05) is 45.9 Å². The predicted octanol–water partition coefficient (Wildman–Crippen LogP) is 2.63. The number of nitrogens with two attached hydrogens (primary N) is 1. The van der Waals surface area contributed by atoms with Gasteiger partial charge in [0.25, 0.3) is 0 Å². The van der Waals surface area contributed by atoms with Gasteiger partial charge in [-0.1, -0.05) is 6.08 Å². The van der Waals surface area contributed by atoms with Crippen molar-refractivity contribution in [1.29, 1.82) is 0 Å². The lowest BCUT2D eigenvalue weighted by Gasteiger charge is -2.30. The largest absolute Gasteiger partial charge is 0.483 e. The normalized spacial score (nSPS) is 16.1. The molecule has 1 aliphatic rings. The molecule has 0 aliphatic carbocycles. The molecule has 0 radical (unpaired) electrons. The second-order valence-corrected chi connectivity index (χ2v) is 5.27. The molecule has 0 unspecified atom stereocenters. The number of ketones is 1. The Balaban J connectivity index is 2.62. The molecule has 1 aliphatic heterocycles. The number of rotatable bonds is 2. The number of Topliss-reactive ketones (excluding diaryl/α,β-unsaturated/α-hetero) is 1. The van der Waals surface area contributed by atoms with E-state index in [1.165, 1.54) is 0 Å². The van der Waals surface area contributed by atoms with Gasteiger partial charge in [-0.05, 0) is 51.0 Å². The Bertz CT molecular complexity index is 542. The highest BCUT2D eigenvalue weighted by atomic mass is 16.5. The molecule has 0 aromatic heterocycles. The number of aryl methyl sites for hydroxylation is 1. The topological polar surface area (TPSA) is 52.3 Å². The first-order chi connectivity index (χ1) is 8.35. The molecule has 0 fully saturated rings. The van der Waals surface area contributed by atoms with Crippen LogP contribution in [0.25, 0.3) is 6.08 Å². The van der Waals surface area contributed by atoms with Gasteiger partial charge >= 0.3 is 0 Å². The Hall–Kier alpha value is -1.61. The minimum atomic E-state index is -0.302. The van der Waals surface area contributed by atoms with E-state index in [2.05, 4.69) is 0 Å². The molecule has 2 rings (SSSR count). The highest BCUT2D eigenvalue weighted by molar-refractivity contribution is 6.00. The average Bonchev–Trinajstić information content (AvgIpc) is 2.31. The Morgan fingerprint density at radius 1 is 1.39 bits per heavy atom. The summed E-state index contributed by atoms with van der Waals surface area (Å²) in [5.74, 6) is 0.838. The Labute approximate surface area is 108 Å². The second kappa shape index (κ2) is 4.25. The van der Waals surface area contributed by atoms with Crippen LogP contribution in [0.1, 0.15) is 40.9 Å². The van der Waals surface area contributed by atoms with Crippen molar-refractivity contribution < 1.29 is 9.53 Å². The fourth-order valence-corrected chi connectivity index (χ4v) is 2.23. The van der Waals surface area contributed by atoms with Crippen molar-refractivity contribution in [3.63, 3.8) is 0 Å². The monoisotopic (exact) mass is 245 g/mol. The maximum atomic E-state index is 11.8. The molecule has 0 atom stereocenters. The van der Waals surface area contributed by atoms with Gasteiger partial charge in [0.15, 0.2) is 5.78 Å². The van der Waals surface area contributed by atoms with Gasteiger partial charge in [0, 0.05) is 11.1 Å². The van der Waals surface area contributed by atoms with Crippen LogP contribution in [0.15, 0.2) is 12.1 Å². The first-order valence-corrected chi connectivity index (χ1v) is 6.11. The van der Waals surface area contributed by atoms with Crippen LogP contribution in [0.5, 0.6) is 5.75 Å². The summed E-state index contributed by atoms with van der Waals surface area (Å²) >= 11 is 0. The van der Waals surface area contributed by atoms with Crippen LogP contribution >= 0.6 is 0 Å². The minimum absolute atomic E-state index is 0.0309. The van der Waals surface area contributed by atoms with E-state index in [4.69, 9.17) is 10.5 Å². The standard InChI is InChI=1S/C15H19NO2/c1-9-7-12(13(17)8-16)10(2)11-5-6-15(3,4)18-14(9)11/h5-7H,8,16H2,1-4H3. The maximum Gasteiger partial charge on any atom is 0.176 e. The van der Waals surface area contributed by atoms with Crippen LogP contribution in [0, 0.1) is 13.8 Å². The summed E-state index contributed by atoms with van der Waals surface area (Å²) in [7, 11) is 0. The molecule has 0 saturated heterocycles. The Morgan fingerprint density at radius 2 is 2.06 bits per heavy atom. The van der Waals surface area contributed by atoms with E-state index in [0.29, 0.717) is 5.56 Å². The van der Waals surface area contributed by atoms with Crippen molar-refractivity contribution in [3.8, 4) is 5.75 Å². The summed E-state index contributed by atoms with van der Waals surface area (Å²) in [5, 5.41) is 0. The van der Waals surface area contributed by atoms with Gasteiger partial charge in [0.2, 0.25) is 0 Å². The zero-order chi connectivity index (χ0) is 13.5. The third-order valence-corrected chi connectivity index (χ3v) is 3.27. The van der Waals surface area contributed by atoms with E-state index in [1.54, 1.807) is 0 Å². The van der Waals surface area contributed by atoms with Gasteiger partial charge in [-0.2, -0.15) is 0 Å². The summed E-state index contributed by atoms with van der Waals surface area (Å²) < 4.78 is 5.97. The summed E-state index contributed by atoms with van der Waals surface area (Å²) in [4.78, 5) is 11.8. The van der Waals surface area contributed by atoms with Gasteiger partial charge in [-0.15, -0.1) is 0 Å². The molecular weight excluding hydrogens is 226 g/mol. The molecule has 0 saturated carbocycles. The van der Waals surface area contributed by atoms with Gasteiger partial charge in [0.1, 0.15) is 11.4 Å². The zero-order valence-electron chi connectivity index (χ0n) is 11.3. The van der Waals surface area contributed by atoms with Crippen LogP contribution in [-0.2, 0) is 0 Å². The lowest BCUT2D eigenvalue weighted by atomic mass is 9.91. The van der Waals surface area contributed by atoms with Gasteiger partial charge in [-0.3, -0.25) is 4.79 Å². The van der Waals surface area contributed by atoms with E-state index in [9.17, 15) is 4.79 Å². The molecular formula is C15H19NO2. The lowest BCUT2D eigenvalue weighted by molar-refractivity contribution is 0.100. The quantitative estimate of drug-likeness (QED) is 0.815. The molecule has 0 bridgehead atoms. The molecule has 18 heavy (non-hydrogen) atoms. The minimum Gasteiger partial charge on any atom is -0.483 e. The fourth-order valence-electron chi connectivity index (χ4n) is 2.23. The van der Waals surface area contributed by atoms with Crippen LogP contribution in [-0.4, -0.2) is 17.9 Å². The van der Waals surface area contributed by atoms with Crippen molar-refractivity contribution in [1.82, 2.24) is 0 Å². The summed E-state index contributed by atoms with van der Waals surface area (Å²) in [6.45, 7) is 7.96. The maximum absolute atomic E-state index is 11.8. The molecule has 1 aromatic rings. The Morgan fingerprint density at radius 3 is 2.67 bits per heavy atom. The molecule has 3 heteroatoms. The third-order valence-electron chi connectivity index (χ3n) is 3.27. The van der Waals surface area contributed by atoms with Crippen LogP contribution in [0.2, 0.25) is 0 Å². The SMILES string of the molecule is Cc1cc(C(=O)CN)c(C)c2c1OC(C)(C)C=C2. The average molecular weight is 245 g/mol. The molecule has 1 heterocycles. The smallest absolute Gasteiger partial charge is 0.176 e. The molecule has 2 N–H and O–H groups in total. The number of carbonyl (C=O) groups excluding carboxylic acids is 1. The first-order valence-electron chi connectivity index (χ1n) is 6.11.